The van der Waals surface area contributed by atoms with Crippen LogP contribution in [0.25, 0.3) is 0 Å². The minimum atomic E-state index is -0.258. The second-order valence-corrected chi connectivity index (χ2v) is 7.45. The fourth-order valence-electron chi connectivity index (χ4n) is 2.71. The molecule has 0 radical (unpaired) electrons. The minimum absolute atomic E-state index is 0.258. The second kappa shape index (κ2) is 10.2. The van der Waals surface area contributed by atoms with Gasteiger partial charge in [0, 0.05) is 10.1 Å². The first-order valence-electron chi connectivity index (χ1n) is 9.05. The van der Waals surface area contributed by atoms with Crippen LogP contribution in [0.3, 0.4) is 0 Å². The summed E-state index contributed by atoms with van der Waals surface area (Å²) >= 11 is 2.24. The van der Waals surface area contributed by atoms with Crippen LogP contribution in [0.2, 0.25) is 0 Å². The molecule has 1 N–H and O–H groups in total. The van der Waals surface area contributed by atoms with Crippen LogP contribution in [0, 0.1) is 3.57 Å². The van der Waals surface area contributed by atoms with Gasteiger partial charge in [-0.2, -0.15) is 0 Å². The summed E-state index contributed by atoms with van der Waals surface area (Å²) in [6, 6.07) is 16.8. The molecule has 3 aromatic rings. The molecule has 2 aromatic carbocycles. The van der Waals surface area contributed by atoms with Crippen LogP contribution in [0.15, 0.2) is 59.0 Å². The molecule has 3 rings (SSSR count). The molecule has 0 spiro atoms. The molecule has 0 fully saturated rings. The van der Waals surface area contributed by atoms with Crippen LogP contribution in [-0.4, -0.2) is 26.7 Å². The highest BCUT2D eigenvalue weighted by molar-refractivity contribution is 14.1. The van der Waals surface area contributed by atoms with Crippen molar-refractivity contribution in [2.24, 2.45) is 0 Å². The molecule has 0 bridgehead atoms. The van der Waals surface area contributed by atoms with Crippen LogP contribution >= 0.6 is 22.6 Å². The van der Waals surface area contributed by atoms with Crippen molar-refractivity contribution in [1.29, 1.82) is 0 Å². The van der Waals surface area contributed by atoms with Crippen molar-refractivity contribution in [3.05, 3.63) is 75.3 Å². The van der Waals surface area contributed by atoms with E-state index in [1.54, 1.807) is 26.4 Å². The highest BCUT2D eigenvalue weighted by Crippen LogP contribution is 2.27. The van der Waals surface area contributed by atoms with E-state index in [9.17, 15) is 4.79 Å². The Balaban J connectivity index is 1.48. The first kappa shape index (κ1) is 21.0. The summed E-state index contributed by atoms with van der Waals surface area (Å²) in [5.41, 5.74) is 1.04. The van der Waals surface area contributed by atoms with Crippen molar-refractivity contribution in [1.82, 2.24) is 5.32 Å². The largest absolute Gasteiger partial charge is 0.493 e. The fraction of sp³-hybridized carbons (Fsp3) is 0.227. The Morgan fingerprint density at radius 3 is 2.48 bits per heavy atom. The number of carbonyl (C=O) groups excluding carboxylic acids is 1. The summed E-state index contributed by atoms with van der Waals surface area (Å²) in [4.78, 5) is 12.3. The average Bonchev–Trinajstić information content (AvgIpc) is 3.22. The normalized spacial score (nSPS) is 10.4. The van der Waals surface area contributed by atoms with E-state index in [1.165, 1.54) is 0 Å². The number of hydrogen-bond donors (Lipinski definition) is 1. The lowest BCUT2D eigenvalue weighted by atomic mass is 10.1. The van der Waals surface area contributed by atoms with E-state index in [1.807, 2.05) is 42.5 Å². The Morgan fingerprint density at radius 2 is 1.76 bits per heavy atom. The third-order valence-electron chi connectivity index (χ3n) is 4.23. The highest BCUT2D eigenvalue weighted by Gasteiger charge is 2.12. The van der Waals surface area contributed by atoms with E-state index in [4.69, 9.17) is 18.6 Å². The number of benzene rings is 2. The molecular formula is C22H22INO5. The summed E-state index contributed by atoms with van der Waals surface area (Å²) in [7, 11) is 3.20. The number of halogens is 1. The van der Waals surface area contributed by atoms with Crippen molar-refractivity contribution < 1.29 is 23.4 Å². The number of nitrogens with one attached hydrogen (secondary N) is 1. The molecule has 6 nitrogen and oxygen atoms in total. The fourth-order valence-corrected chi connectivity index (χ4v) is 3.07. The first-order chi connectivity index (χ1) is 14.1. The molecule has 29 heavy (non-hydrogen) atoms. The van der Waals surface area contributed by atoms with Gasteiger partial charge in [-0.05, 0) is 83.1 Å². The SMILES string of the molecule is COc1ccc(CCNC(=O)c2ccc(COc3ccc(I)cc3)o2)cc1OC. The van der Waals surface area contributed by atoms with E-state index in [0.29, 0.717) is 30.2 Å². The molecule has 1 amide bonds. The Kier molecular flexibility index (Phi) is 7.40. The van der Waals surface area contributed by atoms with Gasteiger partial charge in [-0.15, -0.1) is 0 Å². The third-order valence-corrected chi connectivity index (χ3v) is 4.95. The van der Waals surface area contributed by atoms with Crippen molar-refractivity contribution in [3.8, 4) is 17.2 Å². The monoisotopic (exact) mass is 507 g/mol. The van der Waals surface area contributed by atoms with Crippen LogP contribution in [-0.2, 0) is 13.0 Å². The average molecular weight is 507 g/mol. The second-order valence-electron chi connectivity index (χ2n) is 6.20. The van der Waals surface area contributed by atoms with E-state index in [0.717, 1.165) is 14.9 Å². The molecule has 0 saturated carbocycles. The third kappa shape index (κ3) is 5.90. The molecule has 152 valence electrons. The number of amides is 1. The van der Waals surface area contributed by atoms with E-state index < -0.39 is 0 Å². The Hall–Kier alpha value is -2.68. The Labute approximate surface area is 183 Å². The lowest BCUT2D eigenvalue weighted by Crippen LogP contribution is -2.25. The van der Waals surface area contributed by atoms with Gasteiger partial charge in [0.05, 0.1) is 14.2 Å². The van der Waals surface area contributed by atoms with Crippen LogP contribution in [0.5, 0.6) is 17.2 Å². The molecule has 0 aliphatic heterocycles. The number of furan rings is 1. The van der Waals surface area contributed by atoms with E-state index in [-0.39, 0.29) is 18.3 Å². The number of methoxy groups -OCH3 is 2. The van der Waals surface area contributed by atoms with Crippen LogP contribution in [0.4, 0.5) is 0 Å². The lowest BCUT2D eigenvalue weighted by Gasteiger charge is -2.09. The minimum Gasteiger partial charge on any atom is -0.493 e. The highest BCUT2D eigenvalue weighted by atomic mass is 127. The van der Waals surface area contributed by atoms with Gasteiger partial charge in [0.25, 0.3) is 5.91 Å². The molecule has 0 aliphatic carbocycles. The Bertz CT molecular complexity index is 952. The molecule has 7 heteroatoms. The van der Waals surface area contributed by atoms with Crippen molar-refractivity contribution in [2.45, 2.75) is 13.0 Å². The summed E-state index contributed by atoms with van der Waals surface area (Å²) in [5.74, 6) is 2.69. The van der Waals surface area contributed by atoms with Gasteiger partial charge in [-0.25, -0.2) is 0 Å². The predicted molar refractivity (Wildman–Crippen MR) is 118 cm³/mol. The van der Waals surface area contributed by atoms with Crippen molar-refractivity contribution >= 4 is 28.5 Å². The van der Waals surface area contributed by atoms with Gasteiger partial charge in [0.2, 0.25) is 0 Å². The maximum Gasteiger partial charge on any atom is 0.287 e. The van der Waals surface area contributed by atoms with E-state index in [2.05, 4.69) is 27.9 Å². The maximum atomic E-state index is 12.3. The van der Waals surface area contributed by atoms with Crippen molar-refractivity contribution in [3.63, 3.8) is 0 Å². The molecule has 0 atom stereocenters. The van der Waals surface area contributed by atoms with E-state index >= 15 is 0 Å². The zero-order chi connectivity index (χ0) is 20.6. The molecule has 0 unspecified atom stereocenters. The number of rotatable bonds is 9. The van der Waals surface area contributed by atoms with Crippen LogP contribution < -0.4 is 19.5 Å². The van der Waals surface area contributed by atoms with Gasteiger partial charge < -0.3 is 23.9 Å². The Morgan fingerprint density at radius 1 is 1.00 bits per heavy atom. The zero-order valence-corrected chi connectivity index (χ0v) is 18.4. The van der Waals surface area contributed by atoms with Gasteiger partial charge in [0.1, 0.15) is 18.1 Å². The van der Waals surface area contributed by atoms with Crippen molar-refractivity contribution in [2.75, 3.05) is 20.8 Å². The standard InChI is InChI=1S/C22H22INO5/c1-26-19-9-3-15(13-21(19)27-2)11-12-24-22(25)20-10-8-18(29-20)14-28-17-6-4-16(23)5-7-17/h3-10,13H,11-12,14H2,1-2H3,(H,24,25). The molecule has 1 heterocycles. The van der Waals surface area contributed by atoms with Gasteiger partial charge >= 0.3 is 0 Å². The van der Waals surface area contributed by atoms with Gasteiger partial charge in [0.15, 0.2) is 17.3 Å². The number of ether oxygens (including phenoxy) is 3. The predicted octanol–water partition coefficient (Wildman–Crippen LogP) is 4.45. The molecule has 0 saturated heterocycles. The summed E-state index contributed by atoms with van der Waals surface area (Å²) < 4.78 is 22.9. The first-order valence-corrected chi connectivity index (χ1v) is 10.1. The summed E-state index contributed by atoms with van der Waals surface area (Å²) in [6.07, 6.45) is 0.662. The lowest BCUT2D eigenvalue weighted by molar-refractivity contribution is 0.0922. The summed E-state index contributed by atoms with van der Waals surface area (Å²) in [6.45, 7) is 0.739. The zero-order valence-electron chi connectivity index (χ0n) is 16.2. The summed E-state index contributed by atoms with van der Waals surface area (Å²) in [5, 5.41) is 2.86. The smallest absolute Gasteiger partial charge is 0.287 e. The van der Waals surface area contributed by atoms with Gasteiger partial charge in [-0.1, -0.05) is 6.07 Å². The van der Waals surface area contributed by atoms with Gasteiger partial charge in [-0.3, -0.25) is 4.79 Å². The van der Waals surface area contributed by atoms with Crippen LogP contribution in [0.1, 0.15) is 21.9 Å². The quantitative estimate of drug-likeness (QED) is 0.434. The molecular weight excluding hydrogens is 485 g/mol. The maximum absolute atomic E-state index is 12.3. The topological polar surface area (TPSA) is 69.9 Å². The molecule has 1 aromatic heterocycles. The number of hydrogen-bond acceptors (Lipinski definition) is 5. The number of carbonyl (C=O) groups is 1. The molecule has 0 aliphatic rings.